The van der Waals surface area contributed by atoms with Gasteiger partial charge in [0.05, 0.1) is 149 Å². The standard InChI is InChI=1S/C26H30FNO3.C25H31FN2O2.C24H29FN2O2.C22H25N3O3.C19H16FNO4/c1-26(2)21-13-16(4-3-15-5-9-18(29)10-6-15)7-11-19(21)24(31-26)23-20-14-17(27)8-12-22(20)28-25(23)30;1-5-28(6-2)13-7-8-16-9-11-18-20(14-16)25(3,4)30-23(18)22-19-15-17(26)10-12-21(19)27-24(22)29;1-4-27(5-2)12-6-7-16-8-10-18-19(13-16)15(3)29-23(18)22-20-14-17(25)9-11-21(20)26-24(22)28;1-3-25(4-2)13-23-21(26)14-9-10-16-15(11-14)12-28-20(16)19-17-7-5-6-8-18(17)24-22(19)27;20-12-3-5-15-14(8-12)17(19(24)21-15)18-13-4-1-10(2-6-16(22)23)7-11(13)9-25-18/h7-8,11-15,18,23-24,29H,3-6,9-10H2,1-2H3,(H,28,30);9-12,14-15,22-23H,5-8,13H2,1-4H3,(H,27,29);8-11,13-15,22-23H,4-7,12H2,1-3H3,(H,26,28);5-11,19-20H,3-4,12-13H2,1-2H3,(H,23,26)(H,24,27);1,3-5,7-8,17-18H,2,6,9H2,(H,21,24)(H,22,23)/p+3. The SMILES string of the molecule is CC1(C)OC(C2C(=O)Nc3ccc(F)cc32)c2ccc(CCC3CCC(O)CC3)cc21.CC[NH+](CC)CCCc1ccc2c(c1)C(C)(C)OC2C1C(=O)Nc2ccc(F)cc21.CC[NH+](CC)CCCc1ccc2c(c1)C(C)OC2C1C(=O)Nc2ccc(F)cc21.CC[NH+](CC)CNC(=O)c1ccc2c(c1)COC2C1C(=O)Nc2ccccc21.O=C(O)CCc1ccc2c(c1)COC2C1C(=O)Nc2ccc(F)cc21. The molecule has 21 rings (SSSR count). The highest BCUT2D eigenvalue weighted by Gasteiger charge is 2.52. The average Bonchev–Trinajstić information content (AvgIpc) is 1.55. The van der Waals surface area contributed by atoms with Crippen LogP contribution >= 0.6 is 0 Å². The number of aliphatic carboxylic acids is 1. The minimum Gasteiger partial charge on any atom is -0.481 e. The van der Waals surface area contributed by atoms with Gasteiger partial charge in [0.25, 0.3) is 5.91 Å². The molecule has 143 heavy (non-hydrogen) atoms. The summed E-state index contributed by atoms with van der Waals surface area (Å²) < 4.78 is 86.2. The van der Waals surface area contributed by atoms with Crippen molar-refractivity contribution in [2.24, 2.45) is 5.92 Å². The summed E-state index contributed by atoms with van der Waals surface area (Å²) in [4.78, 5) is 91.0. The Morgan fingerprint density at radius 1 is 0.399 bits per heavy atom. The number of aliphatic hydroxyl groups is 1. The van der Waals surface area contributed by atoms with E-state index in [2.05, 4.69) is 142 Å². The number of rotatable bonds is 28. The predicted molar refractivity (Wildman–Crippen MR) is 539 cm³/mol. The Labute approximate surface area is 834 Å². The molecule has 0 spiro atoms. The summed E-state index contributed by atoms with van der Waals surface area (Å²) in [6, 6.07) is 56.1. The molecular weight excluding hydrogens is 1820 g/mol. The van der Waals surface area contributed by atoms with E-state index in [9.17, 15) is 56.2 Å². The van der Waals surface area contributed by atoms with Crippen LogP contribution in [0.25, 0.3) is 0 Å². The van der Waals surface area contributed by atoms with Crippen LogP contribution in [0.4, 0.5) is 46.0 Å². The Morgan fingerprint density at radius 3 is 1.24 bits per heavy atom. The molecule has 11 N–H and O–H groups in total. The molecule has 10 heterocycles. The third-order valence-electron chi connectivity index (χ3n) is 31.0. The molecule has 11 unspecified atom stereocenters. The second-order valence-electron chi connectivity index (χ2n) is 40.7. The number of amides is 6. The van der Waals surface area contributed by atoms with Gasteiger partial charge < -0.3 is 80.5 Å². The zero-order chi connectivity index (χ0) is 101. The van der Waals surface area contributed by atoms with Crippen molar-refractivity contribution in [3.05, 3.63) is 323 Å². The van der Waals surface area contributed by atoms with E-state index in [0.717, 1.165) is 163 Å². The minimum absolute atomic E-state index is 0.0388. The highest BCUT2D eigenvalue weighted by molar-refractivity contribution is 6.07. The molecule has 10 aromatic carbocycles. The Bertz CT molecular complexity index is 6430. The number of anilines is 5. The van der Waals surface area contributed by atoms with Gasteiger partial charge in [0.2, 0.25) is 29.5 Å². The molecule has 27 heteroatoms. The highest BCUT2D eigenvalue weighted by Crippen LogP contribution is 2.57. The highest BCUT2D eigenvalue weighted by atomic mass is 19.1. The lowest BCUT2D eigenvalue weighted by molar-refractivity contribution is -0.898. The van der Waals surface area contributed by atoms with Gasteiger partial charge in [-0.1, -0.05) is 97.1 Å². The van der Waals surface area contributed by atoms with E-state index in [-0.39, 0.29) is 95.5 Å². The number of aliphatic hydroxyl groups excluding tert-OH is 1. The first-order valence-electron chi connectivity index (χ1n) is 51.2. The first-order chi connectivity index (χ1) is 68.8. The lowest BCUT2D eigenvalue weighted by Crippen LogP contribution is -3.13. The molecule has 6 amide bonds. The molecule has 1 fully saturated rings. The van der Waals surface area contributed by atoms with E-state index in [1.165, 1.54) is 96.3 Å². The summed E-state index contributed by atoms with van der Waals surface area (Å²) in [5, 5.41) is 35.9. The number of carboxylic acid groups (broad SMARTS) is 1. The molecule has 11 aliphatic rings. The van der Waals surface area contributed by atoms with E-state index < -0.39 is 59.2 Å². The number of carbonyl (C=O) groups excluding carboxylic acids is 6. The molecule has 0 aromatic heterocycles. The first-order valence-corrected chi connectivity index (χ1v) is 51.2. The number of aryl methyl sites for hydroxylation is 4. The molecule has 752 valence electrons. The number of benzene rings is 10. The summed E-state index contributed by atoms with van der Waals surface area (Å²) in [6.07, 6.45) is 8.91. The molecule has 10 aliphatic heterocycles. The van der Waals surface area contributed by atoms with Crippen LogP contribution in [0.2, 0.25) is 0 Å². The number of ether oxygens (including phenoxy) is 5. The van der Waals surface area contributed by atoms with E-state index in [0.29, 0.717) is 82.8 Å². The van der Waals surface area contributed by atoms with Crippen LogP contribution < -0.4 is 46.6 Å². The number of nitrogens with one attached hydrogen (secondary N) is 9. The van der Waals surface area contributed by atoms with Crippen LogP contribution in [0.15, 0.2) is 188 Å². The van der Waals surface area contributed by atoms with Crippen LogP contribution in [0.3, 0.4) is 0 Å². The first kappa shape index (κ1) is 102. The zero-order valence-corrected chi connectivity index (χ0v) is 83.5. The van der Waals surface area contributed by atoms with Crippen molar-refractivity contribution in [1.82, 2.24) is 5.32 Å². The molecule has 0 radical (unpaired) electrons. The summed E-state index contributed by atoms with van der Waals surface area (Å²) in [5.41, 5.74) is 21.9. The number of fused-ring (bicyclic) bond motifs is 10. The molecule has 1 aliphatic carbocycles. The van der Waals surface area contributed by atoms with Crippen molar-refractivity contribution in [2.45, 2.75) is 250 Å². The zero-order valence-electron chi connectivity index (χ0n) is 83.5. The fourth-order valence-corrected chi connectivity index (χ4v) is 22.8. The number of quaternary nitrogens is 3. The maximum absolute atomic E-state index is 13.9. The Hall–Kier alpha value is -12.2. The smallest absolute Gasteiger partial charge is 0.303 e. The van der Waals surface area contributed by atoms with Gasteiger partial charge in [-0.05, 0) is 337 Å². The monoisotopic (exact) mass is 1950 g/mol. The third-order valence-corrected chi connectivity index (χ3v) is 31.0. The Balaban J connectivity index is 0.000000123. The topological polar surface area (TPSA) is 292 Å². The summed E-state index contributed by atoms with van der Waals surface area (Å²) in [5.74, 6) is -4.80. The molecule has 0 saturated heterocycles. The van der Waals surface area contributed by atoms with Crippen LogP contribution in [-0.4, -0.2) is 117 Å². The lowest BCUT2D eigenvalue weighted by Gasteiger charge is -2.25. The van der Waals surface area contributed by atoms with Gasteiger partial charge >= 0.3 is 5.97 Å². The van der Waals surface area contributed by atoms with Gasteiger partial charge in [0.1, 0.15) is 23.3 Å². The molecule has 11 atom stereocenters. The largest absolute Gasteiger partial charge is 0.481 e. The third kappa shape index (κ3) is 22.3. The fraction of sp³-hybridized carbons (Fsp3) is 0.422. The minimum atomic E-state index is -0.837. The summed E-state index contributed by atoms with van der Waals surface area (Å²) >= 11 is 0. The number of halogens is 4. The van der Waals surface area contributed by atoms with Gasteiger partial charge in [-0.3, -0.25) is 33.6 Å². The predicted octanol–water partition coefficient (Wildman–Crippen LogP) is 17.4. The van der Waals surface area contributed by atoms with Crippen LogP contribution in [0, 0.1) is 29.2 Å². The van der Waals surface area contributed by atoms with Gasteiger partial charge in [0, 0.05) is 53.3 Å². The molecule has 1 saturated carbocycles. The normalized spacial score (nSPS) is 23.0. The average molecular weight is 1950 g/mol. The quantitative estimate of drug-likeness (QED) is 0.0161. The number of hydrogen-bond acceptors (Lipinski definition) is 13. The maximum Gasteiger partial charge on any atom is 0.303 e. The van der Waals surface area contributed by atoms with Crippen molar-refractivity contribution in [3.8, 4) is 0 Å². The van der Waals surface area contributed by atoms with E-state index >= 15 is 0 Å². The maximum atomic E-state index is 13.9. The van der Waals surface area contributed by atoms with Gasteiger partial charge in [-0.25, -0.2) is 17.6 Å². The number of carboxylic acids is 1. The molecule has 10 aromatic rings. The second-order valence-corrected chi connectivity index (χ2v) is 40.7. The lowest BCUT2D eigenvalue weighted by atomic mass is 9.83. The van der Waals surface area contributed by atoms with E-state index in [1.54, 1.807) is 34.1 Å². The van der Waals surface area contributed by atoms with Crippen molar-refractivity contribution in [1.29, 1.82) is 0 Å². The van der Waals surface area contributed by atoms with Gasteiger partial charge in [-0.15, -0.1) is 0 Å². The second kappa shape index (κ2) is 44.2. The summed E-state index contributed by atoms with van der Waals surface area (Å²) in [7, 11) is 0. The van der Waals surface area contributed by atoms with Crippen LogP contribution in [0.5, 0.6) is 0 Å². The van der Waals surface area contributed by atoms with E-state index in [1.807, 2.05) is 81.4 Å². The number of carbonyl (C=O) groups is 7. The Kier molecular flexibility index (Phi) is 31.6. The molecule has 0 bridgehead atoms. The van der Waals surface area contributed by atoms with Crippen molar-refractivity contribution >= 4 is 69.8 Å². The van der Waals surface area contributed by atoms with Crippen LogP contribution in [-0.2, 0) is 103 Å². The molecular formula is C116H134F4N9O14+3. The van der Waals surface area contributed by atoms with Crippen molar-refractivity contribution in [3.63, 3.8) is 0 Å². The summed E-state index contributed by atoms with van der Waals surface area (Å²) in [6.45, 7) is 33.7. The van der Waals surface area contributed by atoms with Crippen LogP contribution in [0.1, 0.15) is 310 Å². The number of hydrogen-bond donors (Lipinski definition) is 11. The van der Waals surface area contributed by atoms with E-state index in [4.69, 9.17) is 28.8 Å². The molecule has 23 nitrogen and oxygen atoms in total. The van der Waals surface area contributed by atoms with Gasteiger partial charge in [-0.2, -0.15) is 0 Å². The van der Waals surface area contributed by atoms with Gasteiger partial charge in [0.15, 0.2) is 6.67 Å². The van der Waals surface area contributed by atoms with Crippen molar-refractivity contribution < 1.29 is 99.7 Å². The number of para-hydroxylation sites is 1. The Morgan fingerprint density at radius 2 is 0.783 bits per heavy atom. The fourth-order valence-electron chi connectivity index (χ4n) is 22.8. The van der Waals surface area contributed by atoms with Crippen molar-refractivity contribution in [2.75, 3.05) is 85.6 Å².